The van der Waals surface area contributed by atoms with Crippen molar-refractivity contribution in [3.63, 3.8) is 0 Å². The molecule has 0 spiro atoms. The molecule has 0 aromatic carbocycles. The highest BCUT2D eigenvalue weighted by Gasteiger charge is 2.06. The summed E-state index contributed by atoms with van der Waals surface area (Å²) >= 11 is 0. The van der Waals surface area contributed by atoms with E-state index in [1.807, 2.05) is 19.9 Å². The van der Waals surface area contributed by atoms with E-state index in [2.05, 4.69) is 20.3 Å². The SMILES string of the molecule is CCNc1cc(C)nc(-c2ccc(F)cn2)n1. The van der Waals surface area contributed by atoms with Gasteiger partial charge in [-0.1, -0.05) is 0 Å². The van der Waals surface area contributed by atoms with Crippen molar-refractivity contribution < 1.29 is 4.39 Å². The number of nitrogens with zero attached hydrogens (tertiary/aromatic N) is 3. The Bertz CT molecular complexity index is 510. The Kier molecular flexibility index (Phi) is 3.27. The zero-order chi connectivity index (χ0) is 12.3. The van der Waals surface area contributed by atoms with Crippen molar-refractivity contribution in [1.82, 2.24) is 15.0 Å². The Morgan fingerprint density at radius 1 is 1.29 bits per heavy atom. The van der Waals surface area contributed by atoms with Gasteiger partial charge in [-0.2, -0.15) is 0 Å². The summed E-state index contributed by atoms with van der Waals surface area (Å²) in [6.45, 7) is 4.66. The zero-order valence-electron chi connectivity index (χ0n) is 9.74. The molecule has 5 heteroatoms. The molecule has 0 saturated carbocycles. The van der Waals surface area contributed by atoms with Gasteiger partial charge in [0.25, 0.3) is 0 Å². The summed E-state index contributed by atoms with van der Waals surface area (Å²) in [6, 6.07) is 4.78. The standard InChI is InChI=1S/C12H13FN4/c1-3-14-11-6-8(2)16-12(17-11)10-5-4-9(13)7-15-10/h4-7H,3H2,1-2H3,(H,14,16,17). The maximum Gasteiger partial charge on any atom is 0.180 e. The summed E-state index contributed by atoms with van der Waals surface area (Å²) in [5, 5.41) is 3.12. The lowest BCUT2D eigenvalue weighted by molar-refractivity contribution is 0.621. The van der Waals surface area contributed by atoms with Crippen LogP contribution >= 0.6 is 0 Å². The van der Waals surface area contributed by atoms with Crippen molar-refractivity contribution in [2.24, 2.45) is 0 Å². The van der Waals surface area contributed by atoms with Crippen molar-refractivity contribution in [1.29, 1.82) is 0 Å². The fraction of sp³-hybridized carbons (Fsp3) is 0.250. The lowest BCUT2D eigenvalue weighted by Gasteiger charge is -2.06. The van der Waals surface area contributed by atoms with E-state index in [-0.39, 0.29) is 5.82 Å². The van der Waals surface area contributed by atoms with E-state index in [0.717, 1.165) is 24.3 Å². The number of halogens is 1. The number of hydrogen-bond donors (Lipinski definition) is 1. The molecule has 2 rings (SSSR count). The first kappa shape index (κ1) is 11.4. The molecular formula is C12H13FN4. The average molecular weight is 232 g/mol. The Hall–Kier alpha value is -2.04. The van der Waals surface area contributed by atoms with Crippen LogP contribution in [0.5, 0.6) is 0 Å². The number of hydrogen-bond acceptors (Lipinski definition) is 4. The highest BCUT2D eigenvalue weighted by Crippen LogP contribution is 2.15. The van der Waals surface area contributed by atoms with Crippen molar-refractivity contribution >= 4 is 5.82 Å². The lowest BCUT2D eigenvalue weighted by Crippen LogP contribution is -2.03. The van der Waals surface area contributed by atoms with E-state index in [9.17, 15) is 4.39 Å². The molecule has 0 atom stereocenters. The number of pyridine rings is 1. The first-order valence-corrected chi connectivity index (χ1v) is 5.40. The molecule has 0 aliphatic rings. The zero-order valence-corrected chi connectivity index (χ0v) is 9.74. The summed E-state index contributed by atoms with van der Waals surface area (Å²) in [7, 11) is 0. The minimum Gasteiger partial charge on any atom is -0.370 e. The number of nitrogens with one attached hydrogen (secondary N) is 1. The first-order valence-electron chi connectivity index (χ1n) is 5.40. The molecule has 17 heavy (non-hydrogen) atoms. The van der Waals surface area contributed by atoms with Gasteiger partial charge >= 0.3 is 0 Å². The molecule has 88 valence electrons. The van der Waals surface area contributed by atoms with Gasteiger partial charge in [0.1, 0.15) is 17.3 Å². The number of aryl methyl sites for hydroxylation is 1. The molecule has 0 bridgehead atoms. The second-order valence-electron chi connectivity index (χ2n) is 3.61. The maximum atomic E-state index is 12.8. The second-order valence-corrected chi connectivity index (χ2v) is 3.61. The minimum atomic E-state index is -0.367. The molecule has 0 fully saturated rings. The van der Waals surface area contributed by atoms with E-state index in [1.165, 1.54) is 6.07 Å². The number of rotatable bonds is 3. The van der Waals surface area contributed by atoms with Crippen LogP contribution in [0.1, 0.15) is 12.6 Å². The van der Waals surface area contributed by atoms with Gasteiger partial charge in [0.05, 0.1) is 6.20 Å². The molecule has 0 radical (unpaired) electrons. The third kappa shape index (κ3) is 2.75. The molecule has 0 aliphatic carbocycles. The van der Waals surface area contributed by atoms with Crippen LogP contribution in [0.4, 0.5) is 10.2 Å². The van der Waals surface area contributed by atoms with Crippen LogP contribution in [0, 0.1) is 12.7 Å². The van der Waals surface area contributed by atoms with Crippen molar-refractivity contribution in [3.05, 3.63) is 35.9 Å². The fourth-order valence-corrected chi connectivity index (χ4v) is 1.46. The predicted molar refractivity (Wildman–Crippen MR) is 64.1 cm³/mol. The second kappa shape index (κ2) is 4.86. The Balaban J connectivity index is 2.40. The minimum absolute atomic E-state index is 0.367. The average Bonchev–Trinajstić information content (AvgIpc) is 2.29. The number of anilines is 1. The van der Waals surface area contributed by atoms with Crippen LogP contribution in [0.25, 0.3) is 11.5 Å². The van der Waals surface area contributed by atoms with Crippen LogP contribution < -0.4 is 5.32 Å². The lowest BCUT2D eigenvalue weighted by atomic mass is 10.3. The van der Waals surface area contributed by atoms with Crippen LogP contribution in [0.15, 0.2) is 24.4 Å². The fourth-order valence-electron chi connectivity index (χ4n) is 1.46. The van der Waals surface area contributed by atoms with Crippen molar-refractivity contribution in [2.45, 2.75) is 13.8 Å². The molecule has 4 nitrogen and oxygen atoms in total. The maximum absolute atomic E-state index is 12.8. The highest BCUT2D eigenvalue weighted by atomic mass is 19.1. The van der Waals surface area contributed by atoms with Gasteiger partial charge in [-0.05, 0) is 26.0 Å². The van der Waals surface area contributed by atoms with Gasteiger partial charge in [0.15, 0.2) is 5.82 Å². The summed E-state index contributed by atoms with van der Waals surface area (Å²) in [6.07, 6.45) is 1.16. The Morgan fingerprint density at radius 3 is 2.76 bits per heavy atom. The quantitative estimate of drug-likeness (QED) is 0.883. The van der Waals surface area contributed by atoms with E-state index < -0.39 is 0 Å². The van der Waals surface area contributed by atoms with E-state index >= 15 is 0 Å². The van der Waals surface area contributed by atoms with Crippen LogP contribution in [0.2, 0.25) is 0 Å². The van der Waals surface area contributed by atoms with Crippen LogP contribution in [-0.4, -0.2) is 21.5 Å². The van der Waals surface area contributed by atoms with Gasteiger partial charge in [-0.15, -0.1) is 0 Å². The molecule has 0 saturated heterocycles. The molecule has 2 aromatic heterocycles. The normalized spacial score (nSPS) is 10.3. The first-order chi connectivity index (χ1) is 8.19. The topological polar surface area (TPSA) is 50.7 Å². The molecule has 0 unspecified atom stereocenters. The Morgan fingerprint density at radius 2 is 2.12 bits per heavy atom. The monoisotopic (exact) mass is 232 g/mol. The van der Waals surface area contributed by atoms with Crippen LogP contribution in [-0.2, 0) is 0 Å². The molecular weight excluding hydrogens is 219 g/mol. The molecule has 1 N–H and O–H groups in total. The van der Waals surface area contributed by atoms with Gasteiger partial charge in [0.2, 0.25) is 0 Å². The van der Waals surface area contributed by atoms with Gasteiger partial charge < -0.3 is 5.32 Å². The molecule has 2 heterocycles. The highest BCUT2D eigenvalue weighted by molar-refractivity contribution is 5.52. The van der Waals surface area contributed by atoms with Gasteiger partial charge in [-0.25, -0.2) is 19.3 Å². The van der Waals surface area contributed by atoms with E-state index in [1.54, 1.807) is 6.07 Å². The van der Waals surface area contributed by atoms with E-state index in [0.29, 0.717) is 11.5 Å². The summed E-state index contributed by atoms with van der Waals surface area (Å²) < 4.78 is 12.8. The Labute approximate surface area is 99.0 Å². The third-order valence-electron chi connectivity index (χ3n) is 2.17. The smallest absolute Gasteiger partial charge is 0.180 e. The predicted octanol–water partition coefficient (Wildman–Crippen LogP) is 2.42. The molecule has 0 aliphatic heterocycles. The number of aromatic nitrogens is 3. The summed E-state index contributed by atoms with van der Waals surface area (Å²) in [5.41, 5.74) is 1.41. The summed E-state index contributed by atoms with van der Waals surface area (Å²) in [4.78, 5) is 12.6. The van der Waals surface area contributed by atoms with Gasteiger partial charge in [0, 0.05) is 18.3 Å². The molecule has 2 aromatic rings. The van der Waals surface area contributed by atoms with Gasteiger partial charge in [-0.3, -0.25) is 0 Å². The molecule has 0 amide bonds. The third-order valence-corrected chi connectivity index (χ3v) is 2.17. The largest absolute Gasteiger partial charge is 0.370 e. The van der Waals surface area contributed by atoms with E-state index in [4.69, 9.17) is 0 Å². The van der Waals surface area contributed by atoms with Crippen molar-refractivity contribution in [3.8, 4) is 11.5 Å². The van der Waals surface area contributed by atoms with Crippen LogP contribution in [0.3, 0.4) is 0 Å². The summed E-state index contributed by atoms with van der Waals surface area (Å²) in [5.74, 6) is 0.885. The van der Waals surface area contributed by atoms with Crippen molar-refractivity contribution in [2.75, 3.05) is 11.9 Å².